The van der Waals surface area contributed by atoms with Crippen LogP contribution in [0, 0.1) is 17.8 Å². The zero-order valence-corrected chi connectivity index (χ0v) is 21.2. The van der Waals surface area contributed by atoms with Crippen molar-refractivity contribution in [2.24, 2.45) is 17.8 Å². The zero-order chi connectivity index (χ0) is 24.2. The Balaban J connectivity index is 1.59. The molecule has 0 unspecified atom stereocenters. The van der Waals surface area contributed by atoms with Crippen molar-refractivity contribution >= 4 is 17.5 Å². The predicted octanol–water partition coefficient (Wildman–Crippen LogP) is 4.03. The van der Waals surface area contributed by atoms with E-state index in [4.69, 9.17) is 9.47 Å². The first-order valence-electron chi connectivity index (χ1n) is 13.0. The summed E-state index contributed by atoms with van der Waals surface area (Å²) in [5.74, 6) is 1.59. The molecule has 0 spiro atoms. The molecule has 3 aliphatic rings. The summed E-state index contributed by atoms with van der Waals surface area (Å²) in [5, 5.41) is 2.96. The first-order valence-corrected chi connectivity index (χ1v) is 13.0. The second-order valence-electron chi connectivity index (χ2n) is 10.7. The third kappa shape index (κ3) is 6.11. The molecule has 2 amide bonds. The van der Waals surface area contributed by atoms with Gasteiger partial charge in [0.2, 0.25) is 5.91 Å². The number of hydrogen-bond acceptors (Lipinski definition) is 5. The molecule has 188 valence electrons. The van der Waals surface area contributed by atoms with E-state index in [9.17, 15) is 9.59 Å². The summed E-state index contributed by atoms with van der Waals surface area (Å²) in [7, 11) is 3.55. The van der Waals surface area contributed by atoms with Crippen LogP contribution in [0.4, 0.5) is 5.69 Å². The highest BCUT2D eigenvalue weighted by molar-refractivity contribution is 6.00. The number of likely N-dealkylation sites (N-methyl/N-ethyl adjacent to an activating group) is 1. The summed E-state index contributed by atoms with van der Waals surface area (Å²) in [6.45, 7) is 7.44. The molecule has 0 bridgehead atoms. The molecule has 2 saturated carbocycles. The minimum Gasteiger partial charge on any atom is -0.491 e. The van der Waals surface area contributed by atoms with Gasteiger partial charge in [0.1, 0.15) is 12.4 Å². The third-order valence-corrected chi connectivity index (χ3v) is 7.76. The highest BCUT2D eigenvalue weighted by Gasteiger charge is 2.31. The summed E-state index contributed by atoms with van der Waals surface area (Å²) in [6.07, 6.45) is 7.09. The number of benzene rings is 1. The number of carbonyl (C=O) groups is 2. The molecule has 1 aromatic carbocycles. The lowest BCUT2D eigenvalue weighted by Crippen LogP contribution is -2.47. The van der Waals surface area contributed by atoms with Crippen LogP contribution in [0.2, 0.25) is 0 Å². The highest BCUT2D eigenvalue weighted by atomic mass is 16.5. The van der Waals surface area contributed by atoms with Crippen LogP contribution in [0.3, 0.4) is 0 Å². The van der Waals surface area contributed by atoms with Crippen LogP contribution in [0.25, 0.3) is 0 Å². The fraction of sp³-hybridized carbons (Fsp3) is 0.704. The van der Waals surface area contributed by atoms with E-state index in [0.717, 1.165) is 31.8 Å². The largest absolute Gasteiger partial charge is 0.491 e. The number of nitrogens with zero attached hydrogens (tertiary/aromatic N) is 2. The van der Waals surface area contributed by atoms with Crippen molar-refractivity contribution in [3.8, 4) is 5.75 Å². The minimum absolute atomic E-state index is 0.0271. The van der Waals surface area contributed by atoms with E-state index in [1.165, 1.54) is 25.7 Å². The molecule has 1 aromatic rings. The normalized spacial score (nSPS) is 27.5. The summed E-state index contributed by atoms with van der Waals surface area (Å²) < 4.78 is 12.1. The topological polar surface area (TPSA) is 71.1 Å². The third-order valence-electron chi connectivity index (χ3n) is 7.76. The van der Waals surface area contributed by atoms with Gasteiger partial charge in [-0.05, 0) is 62.6 Å². The molecule has 4 rings (SSSR count). The Morgan fingerprint density at radius 2 is 1.88 bits per heavy atom. The molecule has 3 atom stereocenters. The quantitative estimate of drug-likeness (QED) is 0.702. The van der Waals surface area contributed by atoms with E-state index in [1.54, 1.807) is 18.1 Å². The van der Waals surface area contributed by atoms with Crippen LogP contribution in [0.15, 0.2) is 18.2 Å². The number of methoxy groups -OCH3 is 1. The maximum atomic E-state index is 13.4. The minimum atomic E-state index is -0.122. The van der Waals surface area contributed by atoms with Gasteiger partial charge < -0.3 is 19.7 Å². The van der Waals surface area contributed by atoms with Crippen molar-refractivity contribution in [2.75, 3.05) is 45.7 Å². The summed E-state index contributed by atoms with van der Waals surface area (Å²) in [6, 6.07) is 5.63. The van der Waals surface area contributed by atoms with Crippen LogP contribution in [0.5, 0.6) is 5.75 Å². The predicted molar refractivity (Wildman–Crippen MR) is 133 cm³/mol. The van der Waals surface area contributed by atoms with Gasteiger partial charge in [0, 0.05) is 51.4 Å². The summed E-state index contributed by atoms with van der Waals surface area (Å²) >= 11 is 0. The maximum Gasteiger partial charge on any atom is 0.257 e. The fourth-order valence-corrected chi connectivity index (χ4v) is 5.30. The van der Waals surface area contributed by atoms with E-state index < -0.39 is 0 Å². The van der Waals surface area contributed by atoms with Crippen LogP contribution < -0.4 is 10.1 Å². The molecule has 0 aromatic heterocycles. The van der Waals surface area contributed by atoms with Gasteiger partial charge >= 0.3 is 0 Å². The van der Waals surface area contributed by atoms with Crippen LogP contribution in [0.1, 0.15) is 62.7 Å². The molecule has 34 heavy (non-hydrogen) atoms. The Hall–Kier alpha value is -2.12. The van der Waals surface area contributed by atoms with Gasteiger partial charge in [0.25, 0.3) is 5.91 Å². The Labute approximate surface area is 204 Å². The SMILES string of the molecule is CO[C@H]1CN(C)C(=O)c2cc(NC(=O)C3CC3)ccc2OC[C@@H](C)N(CC2CCCC2)C[C@H]1C. The Kier molecular flexibility index (Phi) is 8.14. The Bertz CT molecular complexity index is 865. The summed E-state index contributed by atoms with van der Waals surface area (Å²) in [5.41, 5.74) is 1.12. The van der Waals surface area contributed by atoms with E-state index in [2.05, 4.69) is 24.1 Å². The van der Waals surface area contributed by atoms with Crippen LogP contribution in [-0.2, 0) is 9.53 Å². The monoisotopic (exact) mass is 471 g/mol. The lowest BCUT2D eigenvalue weighted by atomic mass is 9.99. The fourth-order valence-electron chi connectivity index (χ4n) is 5.30. The average Bonchev–Trinajstić information content (AvgIpc) is 3.56. The van der Waals surface area contributed by atoms with Gasteiger partial charge in [0.05, 0.1) is 11.7 Å². The van der Waals surface area contributed by atoms with Crippen LogP contribution >= 0.6 is 0 Å². The molecule has 0 saturated heterocycles. The standard InChI is InChI=1S/C27H41N3O4/c1-18-14-30(15-20-7-5-6-8-20)19(2)17-34-24-12-11-22(28-26(31)21-9-10-21)13-23(24)27(32)29(3)16-25(18)33-4/h11-13,18-21,25H,5-10,14-17H2,1-4H3,(H,28,31)/t18-,19-,25+/m1/s1. The van der Waals surface area contributed by atoms with Gasteiger partial charge in [-0.15, -0.1) is 0 Å². The molecule has 1 aliphatic heterocycles. The number of amides is 2. The van der Waals surface area contributed by atoms with E-state index in [0.29, 0.717) is 30.2 Å². The van der Waals surface area contributed by atoms with Crippen molar-refractivity contribution in [1.82, 2.24) is 9.80 Å². The number of anilines is 1. The number of nitrogens with one attached hydrogen (secondary N) is 1. The smallest absolute Gasteiger partial charge is 0.257 e. The van der Waals surface area contributed by atoms with Gasteiger partial charge in [-0.2, -0.15) is 0 Å². The molecule has 7 heteroatoms. The number of ether oxygens (including phenoxy) is 2. The van der Waals surface area contributed by atoms with Gasteiger partial charge in [-0.1, -0.05) is 19.8 Å². The zero-order valence-electron chi connectivity index (χ0n) is 21.2. The first-order chi connectivity index (χ1) is 16.4. The summed E-state index contributed by atoms with van der Waals surface area (Å²) in [4.78, 5) is 30.0. The van der Waals surface area contributed by atoms with Gasteiger partial charge in [-0.25, -0.2) is 0 Å². The number of fused-ring (bicyclic) bond motifs is 1. The van der Waals surface area contributed by atoms with Crippen molar-refractivity contribution in [1.29, 1.82) is 0 Å². The molecule has 1 heterocycles. The number of rotatable bonds is 5. The number of hydrogen-bond donors (Lipinski definition) is 1. The first kappa shape index (κ1) is 25.0. The van der Waals surface area contributed by atoms with Gasteiger partial charge in [0.15, 0.2) is 0 Å². The molecule has 0 radical (unpaired) electrons. The molecule has 1 N–H and O–H groups in total. The van der Waals surface area contributed by atoms with E-state index >= 15 is 0 Å². The Morgan fingerprint density at radius 1 is 1.15 bits per heavy atom. The van der Waals surface area contributed by atoms with Crippen LogP contribution in [-0.4, -0.2) is 74.2 Å². The van der Waals surface area contributed by atoms with Crippen molar-refractivity contribution in [2.45, 2.75) is 64.5 Å². The Morgan fingerprint density at radius 3 is 2.56 bits per heavy atom. The van der Waals surface area contributed by atoms with Crippen molar-refractivity contribution < 1.29 is 19.1 Å². The molecular weight excluding hydrogens is 430 g/mol. The second-order valence-corrected chi connectivity index (χ2v) is 10.7. The molecule has 2 fully saturated rings. The lowest BCUT2D eigenvalue weighted by molar-refractivity contribution is -0.117. The number of carbonyl (C=O) groups excluding carboxylic acids is 2. The maximum absolute atomic E-state index is 13.4. The van der Waals surface area contributed by atoms with Crippen molar-refractivity contribution in [3.63, 3.8) is 0 Å². The van der Waals surface area contributed by atoms with Crippen molar-refractivity contribution in [3.05, 3.63) is 23.8 Å². The lowest BCUT2D eigenvalue weighted by Gasteiger charge is -2.37. The van der Waals surface area contributed by atoms with E-state index in [-0.39, 0.29) is 35.8 Å². The van der Waals surface area contributed by atoms with Gasteiger partial charge in [-0.3, -0.25) is 14.5 Å². The molecular formula is C27H41N3O4. The molecule has 7 nitrogen and oxygen atoms in total. The van der Waals surface area contributed by atoms with E-state index in [1.807, 2.05) is 19.2 Å². The second kappa shape index (κ2) is 11.1. The molecule has 2 aliphatic carbocycles. The average molecular weight is 472 g/mol. The highest BCUT2D eigenvalue weighted by Crippen LogP contribution is 2.32.